The molecule has 1 unspecified atom stereocenters. The Labute approximate surface area is 153 Å². The summed E-state index contributed by atoms with van der Waals surface area (Å²) in [5, 5.41) is 20.0. The van der Waals surface area contributed by atoms with Crippen LogP contribution in [0.5, 0.6) is 0 Å². The molecule has 2 aliphatic heterocycles. The Morgan fingerprint density at radius 3 is 2.81 bits per heavy atom. The summed E-state index contributed by atoms with van der Waals surface area (Å²) in [6, 6.07) is 4.76. The zero-order valence-corrected chi connectivity index (χ0v) is 14.9. The van der Waals surface area contributed by atoms with Crippen LogP contribution in [-0.2, 0) is 9.53 Å². The van der Waals surface area contributed by atoms with E-state index >= 15 is 0 Å². The van der Waals surface area contributed by atoms with Crippen molar-refractivity contribution in [2.45, 2.75) is 32.4 Å². The normalized spacial score (nSPS) is 19.9. The number of rotatable bonds is 2. The first kappa shape index (κ1) is 17.2. The molecule has 2 aliphatic rings. The minimum absolute atomic E-state index is 0.00969. The molecule has 0 radical (unpaired) electrons. The SMILES string of the molecule is Cc1[nH]nc2cc(F)c(C3C(C#N)=C(C(C)(C)F)NC4=C3C(=O)OC4)cc12. The van der Waals surface area contributed by atoms with Gasteiger partial charge < -0.3 is 10.1 Å². The molecular formula is C19H16F2N4O2. The lowest BCUT2D eigenvalue weighted by Crippen LogP contribution is -2.36. The van der Waals surface area contributed by atoms with E-state index in [-0.39, 0.29) is 29.0 Å². The van der Waals surface area contributed by atoms with Crippen LogP contribution in [0.2, 0.25) is 0 Å². The highest BCUT2D eigenvalue weighted by molar-refractivity contribution is 5.96. The zero-order chi connectivity index (χ0) is 19.5. The number of allylic oxidation sites excluding steroid dienone is 2. The summed E-state index contributed by atoms with van der Waals surface area (Å²) in [6.45, 7) is 4.31. The van der Waals surface area contributed by atoms with Crippen LogP contribution in [0, 0.1) is 24.1 Å². The summed E-state index contributed by atoms with van der Waals surface area (Å²) in [5.41, 5.74) is -0.170. The number of carbonyl (C=O) groups is 1. The smallest absolute Gasteiger partial charge is 0.337 e. The molecule has 4 rings (SSSR count). The first-order chi connectivity index (χ1) is 12.7. The molecule has 0 spiro atoms. The summed E-state index contributed by atoms with van der Waals surface area (Å²) in [5.74, 6) is -2.32. The highest BCUT2D eigenvalue weighted by atomic mass is 19.1. The number of alkyl halides is 1. The van der Waals surface area contributed by atoms with Crippen molar-refractivity contribution in [3.63, 3.8) is 0 Å². The summed E-state index contributed by atoms with van der Waals surface area (Å²) in [7, 11) is 0. The van der Waals surface area contributed by atoms with E-state index in [0.717, 1.165) is 5.69 Å². The molecule has 1 aromatic heterocycles. The van der Waals surface area contributed by atoms with Crippen LogP contribution in [0.15, 0.2) is 34.7 Å². The van der Waals surface area contributed by atoms with Gasteiger partial charge >= 0.3 is 5.97 Å². The van der Waals surface area contributed by atoms with E-state index < -0.39 is 23.4 Å². The van der Waals surface area contributed by atoms with Gasteiger partial charge in [-0.2, -0.15) is 10.4 Å². The Kier molecular flexibility index (Phi) is 3.60. The van der Waals surface area contributed by atoms with Gasteiger partial charge in [0.2, 0.25) is 0 Å². The fourth-order valence-corrected chi connectivity index (χ4v) is 3.62. The number of nitriles is 1. The van der Waals surface area contributed by atoms with Crippen molar-refractivity contribution in [3.8, 4) is 6.07 Å². The van der Waals surface area contributed by atoms with Gasteiger partial charge in [0.25, 0.3) is 0 Å². The first-order valence-electron chi connectivity index (χ1n) is 8.37. The Morgan fingerprint density at radius 2 is 2.15 bits per heavy atom. The standard InChI is InChI=1S/C19H16F2N4O2/c1-8-9-4-10(12(20)5-13(9)25-24-8)15-11(6-22)17(19(2,3)21)23-14-7-27-18(26)16(14)15/h4-5,15,23H,7H2,1-3H3,(H,24,25). The molecule has 0 bridgehead atoms. The number of cyclic esters (lactones) is 1. The summed E-state index contributed by atoms with van der Waals surface area (Å²) >= 11 is 0. The van der Waals surface area contributed by atoms with Crippen molar-refractivity contribution in [3.05, 3.63) is 51.7 Å². The van der Waals surface area contributed by atoms with Crippen LogP contribution >= 0.6 is 0 Å². The number of H-pyrrole nitrogens is 1. The molecule has 1 aromatic carbocycles. The molecule has 0 saturated heterocycles. The molecule has 1 atom stereocenters. The Bertz CT molecular complexity index is 1100. The average Bonchev–Trinajstić information content (AvgIpc) is 3.15. The molecule has 0 fully saturated rings. The highest BCUT2D eigenvalue weighted by Gasteiger charge is 2.44. The molecule has 0 amide bonds. The Balaban J connectivity index is 2.02. The maximum absolute atomic E-state index is 15.0. The van der Waals surface area contributed by atoms with Crippen molar-refractivity contribution in [2.75, 3.05) is 6.61 Å². The van der Waals surface area contributed by atoms with E-state index in [4.69, 9.17) is 4.74 Å². The predicted molar refractivity (Wildman–Crippen MR) is 92.5 cm³/mol. The minimum atomic E-state index is -1.89. The predicted octanol–water partition coefficient (Wildman–Crippen LogP) is 3.03. The number of halogens is 2. The number of aromatic amines is 1. The van der Waals surface area contributed by atoms with E-state index in [0.29, 0.717) is 16.6 Å². The number of aryl methyl sites for hydroxylation is 1. The van der Waals surface area contributed by atoms with E-state index in [1.807, 2.05) is 6.07 Å². The molecule has 27 heavy (non-hydrogen) atoms. The van der Waals surface area contributed by atoms with E-state index in [2.05, 4.69) is 15.5 Å². The number of nitrogens with zero attached hydrogens (tertiary/aromatic N) is 2. The van der Waals surface area contributed by atoms with Crippen LogP contribution in [0.25, 0.3) is 10.9 Å². The number of nitrogens with one attached hydrogen (secondary N) is 2. The number of hydrogen-bond donors (Lipinski definition) is 2. The van der Waals surface area contributed by atoms with Crippen molar-refractivity contribution < 1.29 is 18.3 Å². The van der Waals surface area contributed by atoms with Gasteiger partial charge in [0, 0.05) is 22.7 Å². The zero-order valence-electron chi connectivity index (χ0n) is 14.9. The summed E-state index contributed by atoms with van der Waals surface area (Å²) < 4.78 is 34.8. The van der Waals surface area contributed by atoms with Crippen LogP contribution in [0.1, 0.15) is 31.0 Å². The molecule has 0 aliphatic carbocycles. The maximum Gasteiger partial charge on any atom is 0.337 e. The van der Waals surface area contributed by atoms with E-state index in [1.54, 1.807) is 13.0 Å². The fraction of sp³-hybridized carbons (Fsp3) is 0.316. The third kappa shape index (κ3) is 2.50. The quantitative estimate of drug-likeness (QED) is 0.793. The first-order valence-corrected chi connectivity index (χ1v) is 8.37. The van der Waals surface area contributed by atoms with Crippen LogP contribution < -0.4 is 5.32 Å². The molecule has 2 N–H and O–H groups in total. The van der Waals surface area contributed by atoms with Gasteiger partial charge in [0.1, 0.15) is 18.1 Å². The van der Waals surface area contributed by atoms with E-state index in [9.17, 15) is 18.8 Å². The molecule has 8 heteroatoms. The number of hydrogen-bond acceptors (Lipinski definition) is 5. The van der Waals surface area contributed by atoms with E-state index in [1.165, 1.54) is 19.9 Å². The van der Waals surface area contributed by atoms with Gasteiger partial charge in [-0.15, -0.1) is 0 Å². The Hall–Kier alpha value is -3.21. The average molecular weight is 370 g/mol. The van der Waals surface area contributed by atoms with Gasteiger partial charge in [-0.1, -0.05) is 0 Å². The molecule has 0 saturated carbocycles. The minimum Gasteiger partial charge on any atom is -0.456 e. The number of dihydropyridines is 1. The third-order valence-corrected chi connectivity index (χ3v) is 4.90. The van der Waals surface area contributed by atoms with Gasteiger partial charge in [-0.25, -0.2) is 13.6 Å². The lowest BCUT2D eigenvalue weighted by Gasteiger charge is -2.31. The largest absolute Gasteiger partial charge is 0.456 e. The van der Waals surface area contributed by atoms with Gasteiger partial charge in [-0.05, 0) is 26.8 Å². The number of aromatic nitrogens is 2. The van der Waals surface area contributed by atoms with Gasteiger partial charge in [-0.3, -0.25) is 5.10 Å². The topological polar surface area (TPSA) is 90.8 Å². The fourth-order valence-electron chi connectivity index (χ4n) is 3.62. The molecule has 2 aromatic rings. The van der Waals surface area contributed by atoms with Crippen LogP contribution in [0.3, 0.4) is 0 Å². The second kappa shape index (κ2) is 5.64. The van der Waals surface area contributed by atoms with Crippen LogP contribution in [0.4, 0.5) is 8.78 Å². The molecule has 138 valence electrons. The van der Waals surface area contributed by atoms with Gasteiger partial charge in [0.05, 0.1) is 40.0 Å². The van der Waals surface area contributed by atoms with Crippen molar-refractivity contribution in [2.24, 2.45) is 0 Å². The highest BCUT2D eigenvalue weighted by Crippen LogP contribution is 2.44. The Morgan fingerprint density at radius 1 is 1.41 bits per heavy atom. The molecular weight excluding hydrogens is 354 g/mol. The lowest BCUT2D eigenvalue weighted by molar-refractivity contribution is -0.136. The third-order valence-electron chi connectivity index (χ3n) is 4.90. The number of carbonyl (C=O) groups excluding carboxylic acids is 1. The molecule has 3 heterocycles. The summed E-state index contributed by atoms with van der Waals surface area (Å²) in [6.07, 6.45) is 0. The second-order valence-electron chi connectivity index (χ2n) is 7.14. The lowest BCUT2D eigenvalue weighted by atomic mass is 9.78. The van der Waals surface area contributed by atoms with Crippen LogP contribution in [-0.4, -0.2) is 28.4 Å². The number of benzene rings is 1. The maximum atomic E-state index is 15.0. The monoisotopic (exact) mass is 370 g/mol. The number of ether oxygens (including phenoxy) is 1. The number of esters is 1. The van der Waals surface area contributed by atoms with Crippen molar-refractivity contribution in [1.29, 1.82) is 5.26 Å². The summed E-state index contributed by atoms with van der Waals surface area (Å²) in [4.78, 5) is 12.3. The molecule has 6 nitrogen and oxygen atoms in total. The van der Waals surface area contributed by atoms with Crippen molar-refractivity contribution in [1.82, 2.24) is 15.5 Å². The van der Waals surface area contributed by atoms with Gasteiger partial charge in [0.15, 0.2) is 0 Å². The number of fused-ring (bicyclic) bond motifs is 1. The van der Waals surface area contributed by atoms with Crippen molar-refractivity contribution >= 4 is 16.9 Å². The second-order valence-corrected chi connectivity index (χ2v) is 7.14.